The zero-order chi connectivity index (χ0) is 42.7. The summed E-state index contributed by atoms with van der Waals surface area (Å²) in [6.45, 7) is 15.5. The fourth-order valence-corrected chi connectivity index (χ4v) is 8.24. The van der Waals surface area contributed by atoms with E-state index in [-0.39, 0.29) is 55.9 Å². The van der Waals surface area contributed by atoms with E-state index in [4.69, 9.17) is 19.2 Å². The Kier molecular flexibility index (Phi) is 11.7. The highest BCUT2D eigenvalue weighted by Gasteiger charge is 2.49. The number of amides is 1. The number of aryl methyl sites for hydroxylation is 1. The van der Waals surface area contributed by atoms with E-state index in [1.165, 1.54) is 33.3 Å². The van der Waals surface area contributed by atoms with Gasteiger partial charge in [-0.2, -0.15) is 0 Å². The van der Waals surface area contributed by atoms with E-state index < -0.39 is 76.7 Å². The molecule has 4 aromatic rings. The molecule has 4 bridgehead atoms. The number of nitrogens with zero attached hydrogens (tertiary/aromatic N) is 2. The maximum absolute atomic E-state index is 14.6. The zero-order valence-corrected chi connectivity index (χ0v) is 34.9. The molecule has 0 fully saturated rings. The third kappa shape index (κ3) is 7.08. The normalized spacial score (nSPS) is 30.7. The number of nitrogens with one attached hydrogen (secondary N) is 1. The highest BCUT2D eigenvalue weighted by atomic mass is 16.7. The minimum absolute atomic E-state index is 0.0113. The van der Waals surface area contributed by atoms with Crippen molar-refractivity contribution in [1.29, 1.82) is 0 Å². The lowest BCUT2D eigenvalue weighted by atomic mass is 9.78. The average Bonchev–Trinajstić information content (AvgIpc) is 3.46. The summed E-state index contributed by atoms with van der Waals surface area (Å²) in [7, 11) is 3.22. The van der Waals surface area contributed by atoms with Crippen LogP contribution < -0.4 is 15.5 Å². The van der Waals surface area contributed by atoms with E-state index in [1.807, 2.05) is 18.2 Å². The first kappa shape index (κ1) is 42.5. The van der Waals surface area contributed by atoms with Crippen LogP contribution in [0.25, 0.3) is 32.8 Å². The quantitative estimate of drug-likeness (QED) is 0.0870. The minimum atomic E-state index is -1.97. The summed E-state index contributed by atoms with van der Waals surface area (Å²) in [5, 5.41) is 48.8. The first-order chi connectivity index (χ1) is 27.2. The van der Waals surface area contributed by atoms with Crippen LogP contribution in [-0.2, 0) is 21.3 Å². The standard InChI is InChI=1S/C45H55N3O10/c1-20(2)27-15-16-28-29(19-27)48(10)36-34(46-28)31-32-40(52)26(8)42-33(31)43(54)45(9,58-42)57-18-17-30(56-11)23(5)38(50)25(7)39(51)24(6)37(49)21(3)13-12-14-22(4)44(55)47-35(36)41(32)53/h12-21,23-25,30,37-39,49-51,53H,1-11H3,(H,47,55)/b13-12+,18-17+,22-14-/t21-,23+,24+,25-,30-,37-,38+,39+,45-/m0/s1. The molecule has 2 aliphatic heterocycles. The lowest BCUT2D eigenvalue weighted by Gasteiger charge is -2.36. The van der Waals surface area contributed by atoms with E-state index in [0.29, 0.717) is 11.0 Å². The van der Waals surface area contributed by atoms with Crippen LogP contribution in [0.15, 0.2) is 59.1 Å². The number of hydrogen-bond donors (Lipinski definition) is 5. The van der Waals surface area contributed by atoms with Crippen molar-refractivity contribution in [3.63, 3.8) is 0 Å². The Morgan fingerprint density at radius 2 is 1.60 bits per heavy atom. The Morgan fingerprint density at radius 3 is 2.26 bits per heavy atom. The van der Waals surface area contributed by atoms with Gasteiger partial charge >= 0.3 is 5.79 Å². The molecular weight excluding hydrogens is 743 g/mol. The summed E-state index contributed by atoms with van der Waals surface area (Å²) in [6, 6.07) is 5.78. The molecule has 1 amide bonds. The van der Waals surface area contributed by atoms with Crippen LogP contribution in [-0.4, -0.2) is 79.0 Å². The van der Waals surface area contributed by atoms with Crippen molar-refractivity contribution < 1.29 is 44.2 Å². The van der Waals surface area contributed by atoms with Crippen molar-refractivity contribution >= 4 is 50.2 Å². The van der Waals surface area contributed by atoms with Gasteiger partial charge in [-0.25, -0.2) is 4.98 Å². The smallest absolute Gasteiger partial charge is 0.312 e. The minimum Gasteiger partial charge on any atom is -0.505 e. The summed E-state index contributed by atoms with van der Waals surface area (Å²) < 4.78 is 19.7. The number of ketones is 1. The van der Waals surface area contributed by atoms with Gasteiger partial charge in [0.05, 0.1) is 63.7 Å². The number of rotatable bonds is 2. The Labute approximate surface area is 337 Å². The predicted molar refractivity (Wildman–Crippen MR) is 223 cm³/mol. The fraction of sp³-hybridized carbons (Fsp3) is 0.467. The monoisotopic (exact) mass is 797 g/mol. The summed E-state index contributed by atoms with van der Waals surface area (Å²) in [4.78, 5) is 47.9. The summed E-state index contributed by atoms with van der Waals surface area (Å²) in [6.07, 6.45) is 3.74. The van der Waals surface area contributed by atoms with Crippen LogP contribution >= 0.6 is 0 Å². The molecule has 9 atom stereocenters. The number of carbonyl (C=O) groups is 2. The molecule has 0 spiro atoms. The Morgan fingerprint density at radius 1 is 0.948 bits per heavy atom. The second-order valence-electron chi connectivity index (χ2n) is 16.5. The van der Waals surface area contributed by atoms with E-state index in [9.17, 15) is 34.8 Å². The molecule has 3 heterocycles. The molecule has 6 rings (SSSR count). The van der Waals surface area contributed by atoms with E-state index in [1.54, 1.807) is 64.5 Å². The molecule has 1 aromatic heterocycles. The first-order valence-electron chi connectivity index (χ1n) is 19.7. The number of phenolic OH excluding ortho intramolecular Hbond substituents is 1. The number of aromatic hydroxyl groups is 1. The number of phenols is 1. The van der Waals surface area contributed by atoms with Crippen LogP contribution in [0.4, 0.5) is 5.69 Å². The maximum Gasteiger partial charge on any atom is 0.312 e. The number of anilines is 1. The van der Waals surface area contributed by atoms with Gasteiger partial charge in [0.15, 0.2) is 11.2 Å². The number of Topliss-reactive ketones (excluding diaryl/α,β-unsaturated/α-hetero) is 1. The Hall–Kier alpha value is -5.08. The van der Waals surface area contributed by atoms with Crippen LogP contribution in [0.5, 0.6) is 11.5 Å². The Bertz CT molecular complexity index is 2470. The Balaban J connectivity index is 1.63. The summed E-state index contributed by atoms with van der Waals surface area (Å²) >= 11 is 0. The number of allylic oxidation sites excluding steroid dienone is 2. The molecule has 13 nitrogen and oxygen atoms in total. The number of aliphatic hydroxyl groups excluding tert-OH is 3. The fourth-order valence-electron chi connectivity index (χ4n) is 8.24. The number of methoxy groups -OCH3 is 1. The van der Waals surface area contributed by atoms with Gasteiger partial charge in [-0.1, -0.05) is 65.8 Å². The van der Waals surface area contributed by atoms with E-state index in [0.717, 1.165) is 5.56 Å². The summed E-state index contributed by atoms with van der Waals surface area (Å²) in [5.41, 5.74) is 2.25. The van der Waals surface area contributed by atoms with Crippen LogP contribution in [0, 0.1) is 30.6 Å². The third-order valence-electron chi connectivity index (χ3n) is 12.3. The number of carbonyl (C=O) groups excluding carboxylic acids is 2. The first-order valence-corrected chi connectivity index (χ1v) is 19.7. The molecule has 2 aliphatic rings. The molecule has 0 saturated heterocycles. The lowest BCUT2D eigenvalue weighted by Crippen LogP contribution is -2.44. The van der Waals surface area contributed by atoms with Gasteiger partial charge in [0.25, 0.3) is 11.7 Å². The van der Waals surface area contributed by atoms with Crippen molar-refractivity contribution in [2.75, 3.05) is 12.4 Å². The third-order valence-corrected chi connectivity index (χ3v) is 12.3. The van der Waals surface area contributed by atoms with Crippen molar-refractivity contribution in [2.24, 2.45) is 30.7 Å². The number of hydrogen-bond acceptors (Lipinski definition) is 11. The zero-order valence-electron chi connectivity index (χ0n) is 34.9. The number of ether oxygens (including phenoxy) is 3. The number of fused-ring (bicyclic) bond motifs is 2. The SMILES string of the molecule is CO[C@H]1/C=C/O[C@@]2(C)Oc3c(C)c(=O)c4c(O)c(c5c(nc6ccc(C(C)C)cc6n5C)c4c3C2=O)NC(=O)/C(C)=C\C=C\[C@H](C)[C@H](O)[C@@H](C)[C@@H](O)[C@@H](C)[C@H](O)[C@@H]1C. The van der Waals surface area contributed by atoms with E-state index >= 15 is 0 Å². The molecule has 0 radical (unpaired) electrons. The van der Waals surface area contributed by atoms with Crippen molar-refractivity contribution in [2.45, 2.75) is 98.4 Å². The van der Waals surface area contributed by atoms with Gasteiger partial charge in [0, 0.05) is 61.3 Å². The van der Waals surface area contributed by atoms with Gasteiger partial charge in [-0.05, 0) is 43.5 Å². The molecular formula is C45H55N3O10. The predicted octanol–water partition coefficient (Wildman–Crippen LogP) is 6.30. The van der Waals surface area contributed by atoms with Crippen LogP contribution in [0.3, 0.4) is 0 Å². The second kappa shape index (κ2) is 15.9. The van der Waals surface area contributed by atoms with Crippen LogP contribution in [0.1, 0.15) is 82.8 Å². The highest BCUT2D eigenvalue weighted by Crippen LogP contribution is 2.48. The van der Waals surface area contributed by atoms with E-state index in [2.05, 4.69) is 19.2 Å². The molecule has 0 saturated carbocycles. The molecule has 5 N–H and O–H groups in total. The number of aromatic nitrogens is 2. The maximum atomic E-state index is 14.6. The number of aliphatic hydroxyl groups is 3. The molecule has 0 unspecified atom stereocenters. The average molecular weight is 798 g/mol. The topological polar surface area (TPSA) is 190 Å². The van der Waals surface area contributed by atoms with Crippen LogP contribution in [0.2, 0.25) is 0 Å². The number of benzene rings is 3. The van der Waals surface area contributed by atoms with Crippen molar-refractivity contribution in [3.8, 4) is 11.5 Å². The molecule has 310 valence electrons. The summed E-state index contributed by atoms with van der Waals surface area (Å²) in [5.74, 6) is -5.96. The molecule has 3 aromatic carbocycles. The van der Waals surface area contributed by atoms with Gasteiger partial charge in [-0.15, -0.1) is 0 Å². The van der Waals surface area contributed by atoms with Gasteiger partial charge in [0.1, 0.15) is 11.4 Å². The van der Waals surface area contributed by atoms with Gasteiger partial charge in [0.2, 0.25) is 0 Å². The lowest BCUT2D eigenvalue weighted by molar-refractivity contribution is -0.112. The van der Waals surface area contributed by atoms with Gasteiger partial charge in [-0.3, -0.25) is 14.4 Å². The molecule has 58 heavy (non-hydrogen) atoms. The second-order valence-corrected chi connectivity index (χ2v) is 16.5. The van der Waals surface area contributed by atoms with Crippen molar-refractivity contribution in [1.82, 2.24) is 9.55 Å². The molecule has 13 heteroatoms. The largest absolute Gasteiger partial charge is 0.505 e. The molecule has 0 aliphatic carbocycles. The highest BCUT2D eigenvalue weighted by molar-refractivity contribution is 6.27. The van der Waals surface area contributed by atoms with Crippen molar-refractivity contribution in [3.05, 3.63) is 81.3 Å². The van der Waals surface area contributed by atoms with Gasteiger partial charge < -0.3 is 44.5 Å².